The van der Waals surface area contributed by atoms with Gasteiger partial charge in [-0.1, -0.05) is 0 Å². The molecule has 0 amide bonds. The average molecular weight is 436 g/mol. The predicted molar refractivity (Wildman–Crippen MR) is 107 cm³/mol. The van der Waals surface area contributed by atoms with Crippen LogP contribution in [0.25, 0.3) is 33.5 Å². The van der Waals surface area contributed by atoms with Crippen molar-refractivity contribution in [1.29, 1.82) is 0 Å². The Labute approximate surface area is 194 Å². The summed E-state index contributed by atoms with van der Waals surface area (Å²) < 4.78 is 44.6. The molecule has 2 aromatic carbocycles. The van der Waals surface area contributed by atoms with Gasteiger partial charge in [0.1, 0.15) is 26.8 Å². The minimum atomic E-state index is -4.62. The number of hydrogen-bond donors (Lipinski definition) is 0. The van der Waals surface area contributed by atoms with Gasteiger partial charge in [-0.15, -0.1) is 0 Å². The average Bonchev–Trinajstić information content (AvgIpc) is 3.10. The van der Waals surface area contributed by atoms with Crippen molar-refractivity contribution >= 4 is 37.9 Å². The molecular weight excluding hydrogens is 419 g/mol. The molecule has 10 heteroatoms. The van der Waals surface area contributed by atoms with Crippen molar-refractivity contribution < 1.29 is 51.4 Å². The van der Waals surface area contributed by atoms with Gasteiger partial charge in [-0.05, 0) is 50.2 Å². The molecular formula is C20H17N2NaO6S. The van der Waals surface area contributed by atoms with Crippen LogP contribution in [0.15, 0.2) is 61.0 Å². The van der Waals surface area contributed by atoms with Gasteiger partial charge in [-0.3, -0.25) is 0 Å². The van der Waals surface area contributed by atoms with Gasteiger partial charge in [-0.25, -0.2) is 18.2 Å². The van der Waals surface area contributed by atoms with E-state index in [0.29, 0.717) is 11.0 Å². The first kappa shape index (κ1) is 22.5. The van der Waals surface area contributed by atoms with E-state index in [4.69, 9.17) is 8.83 Å². The third-order valence-electron chi connectivity index (χ3n) is 4.73. The number of anilines is 1. The van der Waals surface area contributed by atoms with Crippen LogP contribution in [-0.2, 0) is 10.1 Å². The Kier molecular flexibility index (Phi) is 6.40. The van der Waals surface area contributed by atoms with E-state index in [1.807, 2.05) is 32.0 Å². The Hall–Kier alpha value is -2.17. The number of oxazole rings is 1. The van der Waals surface area contributed by atoms with Crippen LogP contribution in [0, 0.1) is 0 Å². The predicted octanol–water partition coefficient (Wildman–Crippen LogP) is 0.355. The zero-order valence-corrected chi connectivity index (χ0v) is 19.5. The molecule has 0 aliphatic heterocycles. The summed E-state index contributed by atoms with van der Waals surface area (Å²) in [5, 5.41) is 0.695. The maximum Gasteiger partial charge on any atom is 1.00 e. The van der Waals surface area contributed by atoms with E-state index < -0.39 is 20.6 Å². The molecule has 8 nitrogen and oxygen atoms in total. The van der Waals surface area contributed by atoms with Gasteiger partial charge in [0.2, 0.25) is 5.89 Å². The molecule has 0 saturated heterocycles. The molecule has 0 fully saturated rings. The molecule has 2 heterocycles. The molecule has 2 aromatic heterocycles. The van der Waals surface area contributed by atoms with Gasteiger partial charge in [0.05, 0.1) is 4.90 Å². The minimum Gasteiger partial charge on any atom is -0.744 e. The van der Waals surface area contributed by atoms with Crippen molar-refractivity contribution in [3.8, 4) is 11.5 Å². The number of aromatic nitrogens is 1. The van der Waals surface area contributed by atoms with E-state index in [0.717, 1.165) is 30.9 Å². The second kappa shape index (κ2) is 8.52. The zero-order chi connectivity index (χ0) is 20.8. The van der Waals surface area contributed by atoms with Crippen molar-refractivity contribution in [3.05, 3.63) is 52.9 Å². The number of nitrogens with zero attached hydrogens (tertiary/aromatic N) is 2. The van der Waals surface area contributed by atoms with Crippen LogP contribution >= 0.6 is 0 Å². The van der Waals surface area contributed by atoms with Gasteiger partial charge < -0.3 is 18.3 Å². The summed E-state index contributed by atoms with van der Waals surface area (Å²) in [5.74, 6) is -0.0103. The minimum absolute atomic E-state index is 0. The summed E-state index contributed by atoms with van der Waals surface area (Å²) in [6.45, 7) is 5.75. The Bertz CT molecular complexity index is 1390. The Morgan fingerprint density at radius 3 is 2.40 bits per heavy atom. The van der Waals surface area contributed by atoms with E-state index in [1.54, 1.807) is 6.07 Å². The van der Waals surface area contributed by atoms with Crippen LogP contribution < -0.4 is 40.1 Å². The molecule has 0 radical (unpaired) electrons. The van der Waals surface area contributed by atoms with E-state index in [9.17, 15) is 17.8 Å². The molecule has 4 aromatic rings. The molecule has 0 aliphatic carbocycles. The van der Waals surface area contributed by atoms with Crippen molar-refractivity contribution in [2.45, 2.75) is 18.7 Å². The number of benzene rings is 2. The summed E-state index contributed by atoms with van der Waals surface area (Å²) in [5.41, 5.74) is 1.29. The maximum atomic E-state index is 12.5. The molecule has 0 unspecified atom stereocenters. The smallest absolute Gasteiger partial charge is 0.744 e. The standard InChI is InChI=1S/C20H18N2O6S.Na/c1-3-22(4-2)13-6-5-12-9-15(20(23)28-18(12)10-13)19-21-16-11-14(29(24,25)26)7-8-17(16)27-19;/h5-11H,3-4H2,1-2H3,(H,24,25,26);/q;+1/p-1. The zero-order valence-electron chi connectivity index (χ0n) is 16.7. The maximum absolute atomic E-state index is 12.5. The van der Waals surface area contributed by atoms with E-state index in [1.165, 1.54) is 6.07 Å². The third-order valence-corrected chi connectivity index (χ3v) is 5.56. The normalized spacial score (nSPS) is 11.6. The van der Waals surface area contributed by atoms with Crippen LogP contribution in [0.3, 0.4) is 0 Å². The second-order valence-electron chi connectivity index (χ2n) is 6.44. The molecule has 4 rings (SSSR count). The molecule has 0 spiro atoms. The van der Waals surface area contributed by atoms with Crippen LogP contribution in [0.5, 0.6) is 0 Å². The van der Waals surface area contributed by atoms with E-state index in [2.05, 4.69) is 9.88 Å². The summed E-state index contributed by atoms with van der Waals surface area (Å²) in [6.07, 6.45) is 0. The monoisotopic (exact) mass is 436 g/mol. The molecule has 0 N–H and O–H groups in total. The fourth-order valence-corrected chi connectivity index (χ4v) is 3.70. The third kappa shape index (κ3) is 4.17. The van der Waals surface area contributed by atoms with Crippen molar-refractivity contribution in [3.63, 3.8) is 0 Å². The summed E-state index contributed by atoms with van der Waals surface area (Å²) in [7, 11) is -4.62. The van der Waals surface area contributed by atoms with Gasteiger partial charge in [0.25, 0.3) is 0 Å². The van der Waals surface area contributed by atoms with E-state index in [-0.39, 0.29) is 52.1 Å². The number of rotatable bonds is 5. The van der Waals surface area contributed by atoms with Crippen LogP contribution in [0.1, 0.15) is 13.8 Å². The van der Waals surface area contributed by atoms with Crippen LogP contribution in [0.4, 0.5) is 5.69 Å². The molecule has 0 aliphatic rings. The molecule has 0 saturated carbocycles. The quantitative estimate of drug-likeness (QED) is 0.250. The first-order valence-corrected chi connectivity index (χ1v) is 10.4. The van der Waals surface area contributed by atoms with E-state index >= 15 is 0 Å². The Morgan fingerprint density at radius 1 is 1.00 bits per heavy atom. The summed E-state index contributed by atoms with van der Waals surface area (Å²) >= 11 is 0. The van der Waals surface area contributed by atoms with Crippen molar-refractivity contribution in [1.82, 2.24) is 4.98 Å². The molecule has 150 valence electrons. The van der Waals surface area contributed by atoms with Crippen molar-refractivity contribution in [2.24, 2.45) is 0 Å². The van der Waals surface area contributed by atoms with Gasteiger partial charge in [-0.2, -0.15) is 0 Å². The van der Waals surface area contributed by atoms with Crippen LogP contribution in [0.2, 0.25) is 0 Å². The van der Waals surface area contributed by atoms with Gasteiger partial charge in [0.15, 0.2) is 5.58 Å². The fraction of sp³-hybridized carbons (Fsp3) is 0.200. The fourth-order valence-electron chi connectivity index (χ4n) is 3.21. The SMILES string of the molecule is CCN(CC)c1ccc2cc(-c3nc4cc(S(=O)(=O)[O-])ccc4o3)c(=O)oc2c1.[Na+]. The molecule has 0 atom stereocenters. The molecule has 30 heavy (non-hydrogen) atoms. The Morgan fingerprint density at radius 2 is 1.73 bits per heavy atom. The summed E-state index contributed by atoms with van der Waals surface area (Å²) in [4.78, 5) is 18.4. The van der Waals surface area contributed by atoms with Gasteiger partial charge >= 0.3 is 35.2 Å². The largest absolute Gasteiger partial charge is 1.00 e. The van der Waals surface area contributed by atoms with Crippen molar-refractivity contribution in [2.75, 3.05) is 18.0 Å². The number of fused-ring (bicyclic) bond motifs is 2. The Balaban J connectivity index is 0.00000256. The first-order chi connectivity index (χ1) is 13.8. The van der Waals surface area contributed by atoms with Gasteiger partial charge in [0, 0.05) is 30.2 Å². The second-order valence-corrected chi connectivity index (χ2v) is 7.82. The number of hydrogen-bond acceptors (Lipinski definition) is 8. The summed E-state index contributed by atoms with van der Waals surface area (Å²) in [6, 6.07) is 10.8. The topological polar surface area (TPSA) is 117 Å². The molecule has 0 bridgehead atoms. The first-order valence-electron chi connectivity index (χ1n) is 9.00. The van der Waals surface area contributed by atoms with Crippen LogP contribution in [-0.4, -0.2) is 31.0 Å².